The molecule has 1 aliphatic rings. The van der Waals surface area contributed by atoms with Gasteiger partial charge in [0, 0.05) is 32.2 Å². The monoisotopic (exact) mass is 409 g/mol. The van der Waals surface area contributed by atoms with Crippen molar-refractivity contribution in [1.29, 1.82) is 0 Å². The molecule has 2 amide bonds. The highest BCUT2D eigenvalue weighted by Crippen LogP contribution is 2.23. The number of carbonyl (C=O) groups excluding carboxylic acids is 2. The fraction of sp³-hybridized carbons (Fsp3) is 0.348. The van der Waals surface area contributed by atoms with Crippen molar-refractivity contribution < 1.29 is 18.5 Å². The van der Waals surface area contributed by atoms with Crippen molar-refractivity contribution >= 4 is 22.8 Å². The second-order valence-electron chi connectivity index (χ2n) is 7.79. The van der Waals surface area contributed by atoms with Gasteiger partial charge in [0.1, 0.15) is 5.82 Å². The predicted molar refractivity (Wildman–Crippen MR) is 111 cm³/mol. The van der Waals surface area contributed by atoms with Crippen LogP contribution in [0.15, 0.2) is 53.1 Å². The smallest absolute Gasteiger partial charge is 0.276 e. The maximum Gasteiger partial charge on any atom is 0.276 e. The molecule has 0 spiro atoms. The number of likely N-dealkylation sites (tertiary alicyclic amines) is 1. The fourth-order valence-electron chi connectivity index (χ4n) is 3.90. The number of para-hydroxylation sites is 1. The maximum absolute atomic E-state index is 13.1. The second kappa shape index (κ2) is 8.65. The molecule has 3 aromatic rings. The molecule has 30 heavy (non-hydrogen) atoms. The van der Waals surface area contributed by atoms with Gasteiger partial charge in [-0.1, -0.05) is 17.3 Å². The van der Waals surface area contributed by atoms with Gasteiger partial charge in [-0.15, -0.1) is 0 Å². The quantitative estimate of drug-likeness (QED) is 0.639. The lowest BCUT2D eigenvalue weighted by Gasteiger charge is -2.32. The summed E-state index contributed by atoms with van der Waals surface area (Å²) >= 11 is 0. The molecule has 0 unspecified atom stereocenters. The molecular weight excluding hydrogens is 385 g/mol. The normalized spacial score (nSPS) is 14.8. The molecule has 1 fully saturated rings. The Labute approximate surface area is 174 Å². The van der Waals surface area contributed by atoms with Gasteiger partial charge in [0.25, 0.3) is 11.8 Å². The summed E-state index contributed by atoms with van der Waals surface area (Å²) < 4.78 is 18.3. The topological polar surface area (TPSA) is 66.7 Å². The van der Waals surface area contributed by atoms with E-state index in [1.807, 2.05) is 23.1 Å². The van der Waals surface area contributed by atoms with Crippen LogP contribution in [0.2, 0.25) is 0 Å². The minimum absolute atomic E-state index is 0.0568. The van der Waals surface area contributed by atoms with Crippen molar-refractivity contribution in [3.05, 3.63) is 65.6 Å². The summed E-state index contributed by atoms with van der Waals surface area (Å²) in [5.41, 5.74) is 1.46. The van der Waals surface area contributed by atoms with Crippen LogP contribution in [0.25, 0.3) is 11.0 Å². The summed E-state index contributed by atoms with van der Waals surface area (Å²) in [6.45, 7) is 1.97. The summed E-state index contributed by atoms with van der Waals surface area (Å²) in [7, 11) is 1.78. The van der Waals surface area contributed by atoms with Crippen molar-refractivity contribution in [3.8, 4) is 0 Å². The van der Waals surface area contributed by atoms with Gasteiger partial charge in [-0.25, -0.2) is 4.39 Å². The molecule has 1 aromatic heterocycles. The van der Waals surface area contributed by atoms with Crippen LogP contribution < -0.4 is 0 Å². The zero-order valence-corrected chi connectivity index (χ0v) is 16.9. The zero-order chi connectivity index (χ0) is 21.1. The average molecular weight is 409 g/mol. The van der Waals surface area contributed by atoms with Crippen molar-refractivity contribution in [2.24, 2.45) is 5.92 Å². The summed E-state index contributed by atoms with van der Waals surface area (Å²) in [6.07, 6.45) is 2.65. The van der Waals surface area contributed by atoms with Crippen LogP contribution in [0, 0.1) is 11.7 Å². The number of hydrogen-bond donors (Lipinski definition) is 0. The third kappa shape index (κ3) is 4.20. The third-order valence-electron chi connectivity index (χ3n) is 5.79. The van der Waals surface area contributed by atoms with Crippen LogP contribution in [-0.2, 0) is 0 Å². The Bertz CT molecular complexity index is 1040. The van der Waals surface area contributed by atoms with Gasteiger partial charge in [-0.2, -0.15) is 0 Å². The largest absolute Gasteiger partial charge is 0.355 e. The first-order valence-electron chi connectivity index (χ1n) is 10.2. The highest BCUT2D eigenvalue weighted by Gasteiger charge is 2.25. The number of aromatic nitrogens is 1. The molecule has 1 saturated heterocycles. The highest BCUT2D eigenvalue weighted by atomic mass is 19.1. The van der Waals surface area contributed by atoms with Crippen molar-refractivity contribution in [3.63, 3.8) is 0 Å². The Kier molecular flexibility index (Phi) is 5.79. The number of hydrogen-bond acceptors (Lipinski definition) is 4. The predicted octanol–water partition coefficient (Wildman–Crippen LogP) is 3.98. The molecular formula is C23H24FN3O3. The first kappa shape index (κ1) is 20.1. The van der Waals surface area contributed by atoms with Crippen molar-refractivity contribution in [1.82, 2.24) is 15.0 Å². The highest BCUT2D eigenvalue weighted by molar-refractivity contribution is 6.03. The minimum Gasteiger partial charge on any atom is -0.355 e. The van der Waals surface area contributed by atoms with Gasteiger partial charge in [0.15, 0.2) is 11.3 Å². The van der Waals surface area contributed by atoms with Crippen LogP contribution in [0.3, 0.4) is 0 Å². The minimum atomic E-state index is -0.345. The molecule has 0 saturated carbocycles. The lowest BCUT2D eigenvalue weighted by atomic mass is 9.93. The molecule has 156 valence electrons. The molecule has 0 N–H and O–H groups in total. The number of carbonyl (C=O) groups is 2. The Morgan fingerprint density at radius 2 is 1.83 bits per heavy atom. The Morgan fingerprint density at radius 1 is 1.13 bits per heavy atom. The van der Waals surface area contributed by atoms with E-state index in [9.17, 15) is 14.0 Å². The number of piperidine rings is 1. The number of halogens is 1. The standard InChI is InChI=1S/C23H24FN3O3/c1-26(23(29)21-19-4-2-3-5-20(19)30-25-21)13-10-16-11-14-27(15-12-16)22(28)17-6-8-18(24)9-7-17/h2-9,16H,10-15H2,1H3. The van der Waals surface area contributed by atoms with Gasteiger partial charge in [-0.3, -0.25) is 9.59 Å². The Balaban J connectivity index is 1.27. The molecule has 4 rings (SSSR count). The molecule has 7 heteroatoms. The molecule has 0 atom stereocenters. The van der Waals surface area contributed by atoms with Gasteiger partial charge in [-0.05, 0) is 61.6 Å². The number of nitrogens with zero attached hydrogens (tertiary/aromatic N) is 3. The third-order valence-corrected chi connectivity index (χ3v) is 5.79. The van der Waals surface area contributed by atoms with E-state index in [0.717, 1.165) is 24.6 Å². The van der Waals surface area contributed by atoms with E-state index in [0.29, 0.717) is 42.4 Å². The van der Waals surface area contributed by atoms with Crippen LogP contribution in [-0.4, -0.2) is 53.5 Å². The van der Waals surface area contributed by atoms with Crippen molar-refractivity contribution in [2.45, 2.75) is 19.3 Å². The molecule has 0 bridgehead atoms. The summed E-state index contributed by atoms with van der Waals surface area (Å²) in [4.78, 5) is 28.8. The van der Waals surface area contributed by atoms with Crippen LogP contribution in [0.4, 0.5) is 4.39 Å². The number of rotatable bonds is 5. The summed E-state index contributed by atoms with van der Waals surface area (Å²) in [5, 5.41) is 4.66. The Morgan fingerprint density at radius 3 is 2.57 bits per heavy atom. The van der Waals surface area contributed by atoms with E-state index in [4.69, 9.17) is 4.52 Å². The second-order valence-corrected chi connectivity index (χ2v) is 7.79. The summed E-state index contributed by atoms with van der Waals surface area (Å²) in [6, 6.07) is 13.0. The summed E-state index contributed by atoms with van der Waals surface area (Å²) in [5.74, 6) is -0.100. The van der Waals surface area contributed by atoms with E-state index >= 15 is 0 Å². The van der Waals surface area contributed by atoms with E-state index in [1.54, 1.807) is 18.0 Å². The molecule has 6 nitrogen and oxygen atoms in total. The van der Waals surface area contributed by atoms with Gasteiger partial charge >= 0.3 is 0 Å². The molecule has 1 aliphatic heterocycles. The van der Waals surface area contributed by atoms with Crippen LogP contribution >= 0.6 is 0 Å². The van der Waals surface area contributed by atoms with E-state index in [2.05, 4.69) is 5.16 Å². The van der Waals surface area contributed by atoms with Crippen LogP contribution in [0.1, 0.15) is 40.1 Å². The molecule has 2 aromatic carbocycles. The zero-order valence-electron chi connectivity index (χ0n) is 16.9. The van der Waals surface area contributed by atoms with E-state index in [1.165, 1.54) is 24.3 Å². The Hall–Kier alpha value is -3.22. The molecule has 2 heterocycles. The first-order chi connectivity index (χ1) is 14.5. The number of fused-ring (bicyclic) bond motifs is 1. The first-order valence-corrected chi connectivity index (χ1v) is 10.2. The van der Waals surface area contributed by atoms with Gasteiger partial charge in [0.05, 0.1) is 5.39 Å². The fourth-order valence-corrected chi connectivity index (χ4v) is 3.90. The number of amides is 2. The lowest BCUT2D eigenvalue weighted by Crippen LogP contribution is -2.39. The maximum atomic E-state index is 13.1. The van der Waals surface area contributed by atoms with Crippen molar-refractivity contribution in [2.75, 3.05) is 26.7 Å². The van der Waals surface area contributed by atoms with Crippen LogP contribution in [0.5, 0.6) is 0 Å². The van der Waals surface area contributed by atoms with Gasteiger partial charge < -0.3 is 14.3 Å². The number of benzene rings is 2. The lowest BCUT2D eigenvalue weighted by molar-refractivity contribution is 0.0675. The van der Waals surface area contributed by atoms with Gasteiger partial charge in [0.2, 0.25) is 0 Å². The average Bonchev–Trinajstić information content (AvgIpc) is 3.21. The van der Waals surface area contributed by atoms with E-state index in [-0.39, 0.29) is 17.6 Å². The molecule has 0 aliphatic carbocycles. The SMILES string of the molecule is CN(CCC1CCN(C(=O)c2ccc(F)cc2)CC1)C(=O)c1noc2ccccc12. The molecule has 0 radical (unpaired) electrons. The van der Waals surface area contributed by atoms with E-state index < -0.39 is 0 Å².